The van der Waals surface area contributed by atoms with E-state index in [9.17, 15) is 8.78 Å². The van der Waals surface area contributed by atoms with Gasteiger partial charge in [0.05, 0.1) is 6.57 Å². The van der Waals surface area contributed by atoms with Gasteiger partial charge in [0, 0.05) is 0 Å². The molecule has 0 radical (unpaired) electrons. The van der Waals surface area contributed by atoms with Crippen LogP contribution in [0.2, 0.25) is 0 Å². The molecule has 2 nitrogen and oxygen atoms in total. The Balaban J connectivity index is 0. The monoisotopic (exact) mass is 200 g/mol. The molecule has 4 heteroatoms. The second kappa shape index (κ2) is 9.62. The van der Waals surface area contributed by atoms with Gasteiger partial charge in [0.2, 0.25) is 5.69 Å². The molecule has 0 saturated carbocycles. The maximum Gasteiger partial charge on any atom is 0.222 e. The molecule has 0 atom stereocenters. The summed E-state index contributed by atoms with van der Waals surface area (Å²) in [5.74, 6) is -1.47. The minimum absolute atomic E-state index is 0.151. The van der Waals surface area contributed by atoms with Crippen LogP contribution < -0.4 is 5.11 Å². The van der Waals surface area contributed by atoms with Crippen LogP contribution in [0, 0.1) is 18.2 Å². The molecule has 0 aliphatic carbocycles. The van der Waals surface area contributed by atoms with E-state index in [0.29, 0.717) is 6.07 Å². The molecule has 0 fully saturated rings. The van der Waals surface area contributed by atoms with Crippen LogP contribution in [0.4, 0.5) is 14.5 Å². The summed E-state index contributed by atoms with van der Waals surface area (Å²) in [6.07, 6.45) is 0. The van der Waals surface area contributed by atoms with Crippen molar-refractivity contribution in [3.8, 4) is 0 Å². The lowest BCUT2D eigenvalue weighted by molar-refractivity contribution is -0.325. The summed E-state index contributed by atoms with van der Waals surface area (Å²) in [6.45, 7) is 10.4. The second-order valence-corrected chi connectivity index (χ2v) is 1.71. The van der Waals surface area contributed by atoms with Crippen molar-refractivity contribution in [2.24, 2.45) is 0 Å². The van der Waals surface area contributed by atoms with Gasteiger partial charge in [0.1, 0.15) is 11.6 Å². The summed E-state index contributed by atoms with van der Waals surface area (Å²) in [6, 6.07) is 2.85. The number of halogens is 2. The van der Waals surface area contributed by atoms with Crippen molar-refractivity contribution in [3.63, 3.8) is 0 Å². The van der Waals surface area contributed by atoms with Crippen LogP contribution in [0.3, 0.4) is 0 Å². The third-order valence-corrected chi connectivity index (χ3v) is 1.03. The van der Waals surface area contributed by atoms with Gasteiger partial charge in [0.25, 0.3) is 0 Å². The molecule has 0 unspecified atom stereocenters. The molecule has 0 saturated heterocycles. The minimum atomic E-state index is -0.810. The fraction of sp³-hybridized carbons (Fsp3) is 0.300. The summed E-state index contributed by atoms with van der Waals surface area (Å²) in [4.78, 5) is 2.82. The van der Waals surface area contributed by atoms with Crippen LogP contribution >= 0.6 is 0 Å². The largest absolute Gasteiger partial charge is 0.857 e. The van der Waals surface area contributed by atoms with Crippen LogP contribution in [0.15, 0.2) is 18.2 Å². The first-order chi connectivity index (χ1) is 6.74. The number of rotatable bonds is 0. The van der Waals surface area contributed by atoms with Crippen molar-refractivity contribution in [2.75, 3.05) is 7.11 Å². The van der Waals surface area contributed by atoms with Crippen molar-refractivity contribution < 1.29 is 13.9 Å². The second-order valence-electron chi connectivity index (χ2n) is 1.71. The first-order valence-electron chi connectivity index (χ1n) is 3.97. The molecule has 0 heterocycles. The van der Waals surface area contributed by atoms with Crippen molar-refractivity contribution in [1.82, 2.24) is 0 Å². The number of hydrogen-bond donors (Lipinski definition) is 0. The number of hydrogen-bond acceptors (Lipinski definition) is 1. The maximum absolute atomic E-state index is 12.4. The molecule has 0 spiro atoms. The Morgan fingerprint density at radius 3 is 2.07 bits per heavy atom. The fourth-order valence-electron chi connectivity index (χ4n) is 0.572. The quantitative estimate of drug-likeness (QED) is 0.591. The Morgan fingerprint density at radius 2 is 1.71 bits per heavy atom. The van der Waals surface area contributed by atoms with E-state index in [1.54, 1.807) is 0 Å². The standard InChI is InChI=1S/C7H3F2N.C2H6.CH3O/c1-10-7-3-2-5(8)4-6(7)9;2*1-2/h2-4H;1-2H3;1H3/q;;-1. The molecule has 0 bridgehead atoms. The van der Waals surface area contributed by atoms with Crippen molar-refractivity contribution in [3.05, 3.63) is 41.3 Å². The van der Waals surface area contributed by atoms with Gasteiger partial charge < -0.3 is 5.11 Å². The predicted molar refractivity (Wildman–Crippen MR) is 49.9 cm³/mol. The SMILES string of the molecule is CC.C[O-].[C-]#[N+]c1ccc(F)cc1F. The van der Waals surface area contributed by atoms with Crippen LogP contribution in [-0.4, -0.2) is 7.11 Å². The van der Waals surface area contributed by atoms with E-state index in [1.165, 1.54) is 0 Å². The maximum atomic E-state index is 12.4. The topological polar surface area (TPSA) is 27.4 Å². The van der Waals surface area contributed by atoms with E-state index >= 15 is 0 Å². The Kier molecular flexibility index (Phi) is 10.3. The highest BCUT2D eigenvalue weighted by Crippen LogP contribution is 2.17. The van der Waals surface area contributed by atoms with E-state index in [1.807, 2.05) is 13.8 Å². The summed E-state index contributed by atoms with van der Waals surface area (Å²) in [5.41, 5.74) is -0.151. The Hall–Kier alpha value is -1.47. The smallest absolute Gasteiger partial charge is 0.222 e. The van der Waals surface area contributed by atoms with Gasteiger partial charge in [-0.2, -0.15) is 7.11 Å². The average molecular weight is 200 g/mol. The zero-order valence-corrected chi connectivity index (χ0v) is 8.34. The molecule has 0 N–H and O–H groups in total. The molecular weight excluding hydrogens is 188 g/mol. The fourth-order valence-corrected chi connectivity index (χ4v) is 0.572. The van der Waals surface area contributed by atoms with Gasteiger partial charge in [-0.25, -0.2) is 13.6 Å². The lowest BCUT2D eigenvalue weighted by Gasteiger charge is -1.90. The van der Waals surface area contributed by atoms with Crippen molar-refractivity contribution in [1.29, 1.82) is 0 Å². The molecule has 0 aromatic heterocycles. The Bertz CT molecular complexity index is 295. The van der Waals surface area contributed by atoms with Gasteiger partial charge in [0.15, 0.2) is 0 Å². The molecule has 14 heavy (non-hydrogen) atoms. The highest BCUT2D eigenvalue weighted by molar-refractivity contribution is 5.45. The summed E-state index contributed by atoms with van der Waals surface area (Å²) >= 11 is 0. The van der Waals surface area contributed by atoms with Crippen LogP contribution in [0.5, 0.6) is 0 Å². The van der Waals surface area contributed by atoms with Crippen molar-refractivity contribution >= 4 is 5.69 Å². The summed E-state index contributed by atoms with van der Waals surface area (Å²) < 4.78 is 24.5. The molecule has 78 valence electrons. The molecular formula is C10H12F2NO-. The zero-order valence-electron chi connectivity index (χ0n) is 8.34. The lowest BCUT2D eigenvalue weighted by Crippen LogP contribution is -1.81. The van der Waals surface area contributed by atoms with Gasteiger partial charge in [-0.05, 0) is 12.1 Å². The first kappa shape index (κ1) is 15.0. The molecule has 0 aliphatic rings. The number of benzene rings is 1. The zero-order chi connectivity index (χ0) is 11.6. The third kappa shape index (κ3) is 5.22. The van der Waals surface area contributed by atoms with E-state index in [4.69, 9.17) is 11.7 Å². The summed E-state index contributed by atoms with van der Waals surface area (Å²) in [5, 5.41) is 8.25. The Morgan fingerprint density at radius 1 is 1.21 bits per heavy atom. The van der Waals surface area contributed by atoms with E-state index in [-0.39, 0.29) is 5.69 Å². The van der Waals surface area contributed by atoms with Gasteiger partial charge in [-0.15, -0.1) is 0 Å². The van der Waals surface area contributed by atoms with Gasteiger partial charge >= 0.3 is 0 Å². The molecule has 1 rings (SSSR count). The predicted octanol–water partition coefficient (Wildman–Crippen LogP) is 2.52. The Labute approximate surface area is 82.6 Å². The van der Waals surface area contributed by atoms with E-state index in [0.717, 1.165) is 19.2 Å². The normalized spacial score (nSPS) is 7.21. The molecule has 1 aromatic carbocycles. The van der Waals surface area contributed by atoms with Gasteiger partial charge in [-0.3, -0.25) is 0 Å². The summed E-state index contributed by atoms with van der Waals surface area (Å²) in [7, 11) is 0.750. The molecule has 1 aromatic rings. The molecule has 0 aliphatic heterocycles. The average Bonchev–Trinajstić information content (AvgIpc) is 2.24. The van der Waals surface area contributed by atoms with E-state index in [2.05, 4.69) is 4.85 Å². The van der Waals surface area contributed by atoms with Crippen LogP contribution in [0.25, 0.3) is 4.85 Å². The molecule has 0 amide bonds. The van der Waals surface area contributed by atoms with Crippen molar-refractivity contribution in [2.45, 2.75) is 13.8 Å². The van der Waals surface area contributed by atoms with Gasteiger partial charge in [-0.1, -0.05) is 19.9 Å². The lowest BCUT2D eigenvalue weighted by atomic mass is 10.3. The highest BCUT2D eigenvalue weighted by Gasteiger charge is 2.00. The van der Waals surface area contributed by atoms with E-state index < -0.39 is 11.6 Å². The van der Waals surface area contributed by atoms with Crippen LogP contribution in [-0.2, 0) is 0 Å². The third-order valence-electron chi connectivity index (χ3n) is 1.03. The number of nitrogens with zero attached hydrogens (tertiary/aromatic N) is 1. The first-order valence-corrected chi connectivity index (χ1v) is 3.97. The van der Waals surface area contributed by atoms with Crippen LogP contribution in [0.1, 0.15) is 13.8 Å². The highest BCUT2D eigenvalue weighted by atomic mass is 19.1. The minimum Gasteiger partial charge on any atom is -0.857 e.